The summed E-state index contributed by atoms with van der Waals surface area (Å²) in [6.07, 6.45) is 2.84. The Balaban J connectivity index is 1.09. The van der Waals surface area contributed by atoms with Crippen molar-refractivity contribution in [2.24, 2.45) is 10.9 Å². The van der Waals surface area contributed by atoms with Gasteiger partial charge in [0.05, 0.1) is 40.5 Å². The second-order valence-electron chi connectivity index (χ2n) is 12.5. The SMILES string of the molecule is O=C(CC1c2ccccc2-c2ccccc2N1S(=O)(=O)Cc1ccc(Cl)c(Cl)c1)N1CCC(Cc2ccc(C3=NCCN3)cc2)CC1. The zero-order valence-corrected chi connectivity index (χ0v) is 28.2. The predicted octanol–water partition coefficient (Wildman–Crippen LogP) is 7.27. The Labute approximate surface area is 286 Å². The maximum atomic E-state index is 14.3. The van der Waals surface area contributed by atoms with E-state index >= 15 is 0 Å². The number of nitrogens with zero attached hydrogens (tertiary/aromatic N) is 3. The number of hydrogen-bond acceptors (Lipinski definition) is 5. The van der Waals surface area contributed by atoms with Crippen molar-refractivity contribution in [3.63, 3.8) is 0 Å². The number of anilines is 1. The molecule has 1 fully saturated rings. The lowest BCUT2D eigenvalue weighted by atomic mass is 9.87. The van der Waals surface area contributed by atoms with Crippen LogP contribution in [0.1, 0.15) is 47.6 Å². The van der Waals surface area contributed by atoms with E-state index in [4.69, 9.17) is 23.2 Å². The van der Waals surface area contributed by atoms with Crippen LogP contribution < -0.4 is 9.62 Å². The molecule has 3 aliphatic rings. The van der Waals surface area contributed by atoms with Gasteiger partial charge in [0.15, 0.2) is 0 Å². The van der Waals surface area contributed by atoms with Crippen molar-refractivity contribution in [1.29, 1.82) is 0 Å². The second-order valence-corrected chi connectivity index (χ2v) is 15.2. The van der Waals surface area contributed by atoms with E-state index < -0.39 is 16.1 Å². The van der Waals surface area contributed by atoms with Gasteiger partial charge in [-0.1, -0.05) is 96.0 Å². The number of nitrogens with one attached hydrogen (secondary N) is 1. The average Bonchev–Trinajstić information content (AvgIpc) is 3.62. The number of carbonyl (C=O) groups is 1. The molecule has 0 spiro atoms. The van der Waals surface area contributed by atoms with Gasteiger partial charge < -0.3 is 10.2 Å². The number of piperidine rings is 1. The maximum Gasteiger partial charge on any atom is 0.239 e. The van der Waals surface area contributed by atoms with Gasteiger partial charge in [-0.15, -0.1) is 0 Å². The molecule has 3 aliphatic heterocycles. The smallest absolute Gasteiger partial charge is 0.239 e. The molecule has 1 unspecified atom stereocenters. The Morgan fingerprint density at radius 2 is 1.55 bits per heavy atom. The molecular formula is C37H36Cl2N4O3S. The highest BCUT2D eigenvalue weighted by atomic mass is 35.5. The predicted molar refractivity (Wildman–Crippen MR) is 190 cm³/mol. The third kappa shape index (κ3) is 6.64. The van der Waals surface area contributed by atoms with E-state index in [1.165, 1.54) is 9.87 Å². The number of carbonyl (C=O) groups excluding carboxylic acids is 1. The summed E-state index contributed by atoms with van der Waals surface area (Å²) in [4.78, 5) is 20.4. The van der Waals surface area contributed by atoms with Crippen molar-refractivity contribution in [3.05, 3.63) is 123 Å². The number of hydrogen-bond donors (Lipinski definition) is 1. The molecule has 1 N–H and O–H groups in total. The third-order valence-electron chi connectivity index (χ3n) is 9.43. The third-order valence-corrected chi connectivity index (χ3v) is 11.9. The molecule has 242 valence electrons. The largest absolute Gasteiger partial charge is 0.368 e. The van der Waals surface area contributed by atoms with Gasteiger partial charge in [-0.05, 0) is 65.6 Å². The first-order chi connectivity index (χ1) is 22.8. The summed E-state index contributed by atoms with van der Waals surface area (Å²) in [6.45, 7) is 3.02. The molecule has 0 saturated carbocycles. The summed E-state index contributed by atoms with van der Waals surface area (Å²) >= 11 is 12.4. The summed E-state index contributed by atoms with van der Waals surface area (Å²) in [5.41, 5.74) is 6.11. The first-order valence-corrected chi connectivity index (χ1v) is 18.4. The molecule has 1 amide bonds. The van der Waals surface area contributed by atoms with E-state index in [-0.39, 0.29) is 18.1 Å². The molecule has 3 heterocycles. The molecule has 0 radical (unpaired) electrons. The summed E-state index contributed by atoms with van der Waals surface area (Å²) < 4.78 is 30.1. The van der Waals surface area contributed by atoms with Crippen molar-refractivity contribution in [3.8, 4) is 11.1 Å². The lowest BCUT2D eigenvalue weighted by Gasteiger charge is -2.40. The molecule has 7 nitrogen and oxygen atoms in total. The topological polar surface area (TPSA) is 82.1 Å². The number of benzene rings is 4. The number of fused-ring (bicyclic) bond motifs is 3. The number of halogens is 2. The molecule has 0 aromatic heterocycles. The van der Waals surface area contributed by atoms with Crippen molar-refractivity contribution < 1.29 is 13.2 Å². The standard InChI is InChI=1S/C37H36Cl2N4O3S/c38-32-14-11-27(22-33(32)39)24-47(45,46)43-34-8-4-3-6-30(34)29-5-1-2-7-31(29)35(43)23-36(44)42-19-15-26(16-20-42)21-25-9-12-28(13-10-25)37-40-17-18-41-37/h1-14,22,26,35H,15-21,23-24H2,(H,40,41). The van der Waals surface area contributed by atoms with Crippen LogP contribution in [0.4, 0.5) is 5.69 Å². The summed E-state index contributed by atoms with van der Waals surface area (Å²) in [5.74, 6) is 1.14. The Morgan fingerprint density at radius 3 is 2.28 bits per heavy atom. The van der Waals surface area contributed by atoms with E-state index in [2.05, 4.69) is 34.6 Å². The zero-order chi connectivity index (χ0) is 32.5. The number of amidine groups is 1. The fourth-order valence-corrected chi connectivity index (χ4v) is 9.17. The van der Waals surface area contributed by atoms with Gasteiger partial charge >= 0.3 is 0 Å². The first-order valence-electron chi connectivity index (χ1n) is 16.1. The number of sulfonamides is 1. The molecule has 1 saturated heterocycles. The van der Waals surface area contributed by atoms with Gasteiger partial charge in [0.25, 0.3) is 0 Å². The molecule has 0 bridgehead atoms. The highest BCUT2D eigenvalue weighted by Crippen LogP contribution is 2.48. The summed E-state index contributed by atoms with van der Waals surface area (Å²) in [7, 11) is -3.95. The highest BCUT2D eigenvalue weighted by molar-refractivity contribution is 7.92. The van der Waals surface area contributed by atoms with E-state index in [9.17, 15) is 13.2 Å². The first kappa shape index (κ1) is 31.7. The van der Waals surface area contributed by atoms with Crippen LogP contribution in [-0.4, -0.2) is 51.2 Å². The zero-order valence-electron chi connectivity index (χ0n) is 25.9. The van der Waals surface area contributed by atoms with Gasteiger partial charge in [-0.25, -0.2) is 8.42 Å². The number of amides is 1. The molecule has 0 aliphatic carbocycles. The Bertz CT molecular complexity index is 1940. The van der Waals surface area contributed by atoms with Crippen LogP contribution in [0.2, 0.25) is 10.0 Å². The van der Waals surface area contributed by atoms with Crippen LogP contribution >= 0.6 is 23.2 Å². The number of rotatable bonds is 8. The van der Waals surface area contributed by atoms with Gasteiger partial charge in [-0.3, -0.25) is 14.1 Å². The Morgan fingerprint density at radius 1 is 0.851 bits per heavy atom. The van der Waals surface area contributed by atoms with Crippen LogP contribution in [-0.2, 0) is 27.0 Å². The maximum absolute atomic E-state index is 14.3. The molecule has 1 atom stereocenters. The minimum absolute atomic E-state index is 0.0356. The molecule has 7 rings (SSSR count). The summed E-state index contributed by atoms with van der Waals surface area (Å²) in [6, 6.07) is 28.1. The molecular weight excluding hydrogens is 651 g/mol. The van der Waals surface area contributed by atoms with Crippen LogP contribution in [0, 0.1) is 5.92 Å². The van der Waals surface area contributed by atoms with E-state index in [1.54, 1.807) is 18.2 Å². The minimum Gasteiger partial charge on any atom is -0.368 e. The highest BCUT2D eigenvalue weighted by Gasteiger charge is 2.40. The normalized spacial score (nSPS) is 17.9. The van der Waals surface area contributed by atoms with Crippen LogP contribution in [0.25, 0.3) is 11.1 Å². The number of aliphatic imine (C=N–C) groups is 1. The lowest BCUT2D eigenvalue weighted by molar-refractivity contribution is -0.132. The van der Waals surface area contributed by atoms with E-state index in [0.717, 1.165) is 60.4 Å². The van der Waals surface area contributed by atoms with Crippen LogP contribution in [0.3, 0.4) is 0 Å². The van der Waals surface area contributed by atoms with E-state index in [1.807, 2.05) is 53.4 Å². The number of para-hydroxylation sites is 1. The monoisotopic (exact) mass is 686 g/mol. The van der Waals surface area contributed by atoms with Crippen molar-refractivity contribution in [2.45, 2.75) is 37.5 Å². The fourth-order valence-electron chi connectivity index (χ4n) is 7.07. The Kier molecular flexibility index (Phi) is 9.01. The van der Waals surface area contributed by atoms with Crippen LogP contribution in [0.15, 0.2) is 96.0 Å². The number of likely N-dealkylation sites (tertiary alicyclic amines) is 1. The molecule has 47 heavy (non-hydrogen) atoms. The van der Waals surface area contributed by atoms with Crippen molar-refractivity contribution >= 4 is 50.7 Å². The Hall–Kier alpha value is -3.85. The quantitative estimate of drug-likeness (QED) is 0.211. The van der Waals surface area contributed by atoms with Crippen molar-refractivity contribution in [2.75, 3.05) is 30.5 Å². The van der Waals surface area contributed by atoms with Gasteiger partial charge in [0.1, 0.15) is 5.84 Å². The van der Waals surface area contributed by atoms with Gasteiger partial charge in [0, 0.05) is 30.8 Å². The summed E-state index contributed by atoms with van der Waals surface area (Å²) in [5, 5.41) is 3.98. The average molecular weight is 688 g/mol. The molecule has 4 aromatic carbocycles. The second kappa shape index (κ2) is 13.3. The van der Waals surface area contributed by atoms with Gasteiger partial charge in [0.2, 0.25) is 15.9 Å². The van der Waals surface area contributed by atoms with Crippen LogP contribution in [0.5, 0.6) is 0 Å². The minimum atomic E-state index is -3.95. The molecule has 4 aromatic rings. The van der Waals surface area contributed by atoms with Crippen molar-refractivity contribution in [1.82, 2.24) is 10.2 Å². The lowest BCUT2D eigenvalue weighted by Crippen LogP contribution is -2.44. The fraction of sp³-hybridized carbons (Fsp3) is 0.297. The van der Waals surface area contributed by atoms with Gasteiger partial charge in [-0.2, -0.15) is 0 Å². The molecule has 10 heteroatoms. The van der Waals surface area contributed by atoms with E-state index in [0.29, 0.717) is 40.3 Å².